The van der Waals surface area contributed by atoms with Crippen molar-refractivity contribution in [2.45, 2.75) is 51.4 Å². The van der Waals surface area contributed by atoms with Gasteiger partial charge in [0.15, 0.2) is 11.5 Å². The first-order chi connectivity index (χ1) is 17.9. The predicted molar refractivity (Wildman–Crippen MR) is 146 cm³/mol. The van der Waals surface area contributed by atoms with Gasteiger partial charge in [0, 0.05) is 16.5 Å². The summed E-state index contributed by atoms with van der Waals surface area (Å²) < 4.78 is 18.9. The Kier molecular flexibility index (Phi) is 9.00. The molecule has 1 aliphatic rings. The number of thioether (sulfide) groups is 1. The van der Waals surface area contributed by atoms with Crippen molar-refractivity contribution >= 4 is 35.3 Å². The molecule has 0 spiro atoms. The third-order valence-corrected chi connectivity index (χ3v) is 7.03. The van der Waals surface area contributed by atoms with E-state index in [2.05, 4.69) is 17.2 Å². The van der Waals surface area contributed by atoms with E-state index in [1.165, 1.54) is 7.11 Å². The fourth-order valence-corrected chi connectivity index (χ4v) is 5.05. The molecule has 1 aromatic heterocycles. The van der Waals surface area contributed by atoms with Crippen LogP contribution in [0.25, 0.3) is 0 Å². The van der Waals surface area contributed by atoms with Crippen LogP contribution in [0.1, 0.15) is 50.8 Å². The molecular formula is C27H31ClN4O4S. The number of hydrogen-bond acceptors (Lipinski definition) is 8. The molecule has 0 amide bonds. The van der Waals surface area contributed by atoms with Gasteiger partial charge in [-0.15, -0.1) is 5.10 Å². The first-order valence-corrected chi connectivity index (χ1v) is 13.6. The summed E-state index contributed by atoms with van der Waals surface area (Å²) in [5.41, 5.74) is 2.92. The number of nitrogens with one attached hydrogen (secondary N) is 1. The van der Waals surface area contributed by atoms with E-state index in [0.717, 1.165) is 29.7 Å². The van der Waals surface area contributed by atoms with Crippen molar-refractivity contribution < 1.29 is 19.0 Å². The maximum Gasteiger partial charge on any atom is 0.338 e. The number of aromatic nitrogens is 3. The Bertz CT molecular complexity index is 1280. The van der Waals surface area contributed by atoms with Gasteiger partial charge in [0.1, 0.15) is 12.6 Å². The van der Waals surface area contributed by atoms with Gasteiger partial charge in [0.25, 0.3) is 0 Å². The minimum absolute atomic E-state index is 0.363. The molecular weight excluding hydrogens is 512 g/mol. The van der Waals surface area contributed by atoms with Gasteiger partial charge in [0.05, 0.1) is 19.3 Å². The van der Waals surface area contributed by atoms with Crippen LogP contribution in [0.5, 0.6) is 11.5 Å². The van der Waals surface area contributed by atoms with Crippen molar-refractivity contribution in [3.63, 3.8) is 0 Å². The van der Waals surface area contributed by atoms with Gasteiger partial charge >= 0.3 is 5.97 Å². The third kappa shape index (κ3) is 6.22. The lowest BCUT2D eigenvalue weighted by Crippen LogP contribution is -2.29. The zero-order valence-electron chi connectivity index (χ0n) is 21.4. The average Bonchev–Trinajstić information content (AvgIpc) is 3.30. The van der Waals surface area contributed by atoms with Gasteiger partial charge in [-0.25, -0.2) is 9.48 Å². The number of rotatable bonds is 11. The quantitative estimate of drug-likeness (QED) is 0.172. The summed E-state index contributed by atoms with van der Waals surface area (Å²) in [6, 6.07) is 12.6. The Labute approximate surface area is 226 Å². The average molecular weight is 543 g/mol. The molecule has 0 saturated heterocycles. The van der Waals surface area contributed by atoms with Gasteiger partial charge in [0.2, 0.25) is 11.1 Å². The number of anilines is 1. The largest absolute Gasteiger partial charge is 0.490 e. The first-order valence-electron chi connectivity index (χ1n) is 12.2. The van der Waals surface area contributed by atoms with Crippen LogP contribution in [0.4, 0.5) is 5.95 Å². The number of fused-ring (bicyclic) bond motifs is 1. The maximum atomic E-state index is 12.9. The smallest absolute Gasteiger partial charge is 0.338 e. The fourth-order valence-electron chi connectivity index (χ4n) is 4.01. The highest BCUT2D eigenvalue weighted by molar-refractivity contribution is 7.99. The molecule has 0 fully saturated rings. The zero-order chi connectivity index (χ0) is 26.4. The zero-order valence-corrected chi connectivity index (χ0v) is 23.0. The number of carbonyl (C=O) groups is 1. The van der Waals surface area contributed by atoms with Crippen molar-refractivity contribution in [1.29, 1.82) is 0 Å². The highest BCUT2D eigenvalue weighted by Crippen LogP contribution is 2.40. The molecule has 1 N–H and O–H groups in total. The fraction of sp³-hybridized carbons (Fsp3) is 0.370. The molecule has 8 nitrogen and oxygen atoms in total. The number of methoxy groups -OCH3 is 1. The summed E-state index contributed by atoms with van der Waals surface area (Å²) in [5, 5.41) is 9.30. The van der Waals surface area contributed by atoms with Gasteiger partial charge in [-0.05, 0) is 55.7 Å². The lowest BCUT2D eigenvalue weighted by molar-refractivity contribution is -0.136. The lowest BCUT2D eigenvalue weighted by atomic mass is 9.95. The van der Waals surface area contributed by atoms with Crippen LogP contribution in [0.2, 0.25) is 5.02 Å². The van der Waals surface area contributed by atoms with Crippen molar-refractivity contribution in [1.82, 2.24) is 14.8 Å². The van der Waals surface area contributed by atoms with Crippen molar-refractivity contribution in [2.24, 2.45) is 0 Å². The van der Waals surface area contributed by atoms with Gasteiger partial charge in [-0.3, -0.25) is 0 Å². The number of esters is 1. The van der Waals surface area contributed by atoms with Crippen LogP contribution in [-0.4, -0.2) is 40.2 Å². The molecule has 3 aromatic rings. The number of unbranched alkanes of at least 4 members (excludes halogenated alkanes) is 1. The number of carbonyl (C=O) groups excluding carboxylic acids is 1. The van der Waals surface area contributed by atoms with E-state index in [0.29, 0.717) is 52.1 Å². The van der Waals surface area contributed by atoms with Crippen LogP contribution in [-0.2, 0) is 16.1 Å². The minimum Gasteiger partial charge on any atom is -0.490 e. The van der Waals surface area contributed by atoms with E-state index in [1.807, 2.05) is 56.3 Å². The van der Waals surface area contributed by atoms with E-state index in [9.17, 15) is 4.79 Å². The van der Waals surface area contributed by atoms with E-state index in [-0.39, 0.29) is 0 Å². The molecule has 2 aromatic carbocycles. The number of nitrogens with zero attached hydrogens (tertiary/aromatic N) is 3. The van der Waals surface area contributed by atoms with Crippen LogP contribution in [0, 0.1) is 0 Å². The van der Waals surface area contributed by atoms with E-state index >= 15 is 0 Å². The normalized spacial score (nSPS) is 14.7. The van der Waals surface area contributed by atoms with E-state index in [4.69, 9.17) is 30.9 Å². The third-order valence-electron chi connectivity index (χ3n) is 5.86. The summed E-state index contributed by atoms with van der Waals surface area (Å²) in [7, 11) is 1.38. The Balaban J connectivity index is 1.69. The Morgan fingerprint density at radius 2 is 1.92 bits per heavy atom. The number of hydrogen-bond donors (Lipinski definition) is 1. The molecule has 10 heteroatoms. The maximum absolute atomic E-state index is 12.9. The van der Waals surface area contributed by atoms with Crippen molar-refractivity contribution in [3.05, 3.63) is 69.9 Å². The standard InChI is InChI=1S/C27H31ClN4O4S/c1-5-7-14-37-27-30-26-29-17(3)23(25(33)34-4)24(32(26)31-27)19-10-13-21(22(15-19)35-6-2)36-16-18-8-11-20(28)12-9-18/h8-13,15,24H,5-7,14,16H2,1-4H3,(H,29,30,31). The van der Waals surface area contributed by atoms with Gasteiger partial charge < -0.3 is 19.5 Å². The molecule has 37 heavy (non-hydrogen) atoms. The monoisotopic (exact) mass is 542 g/mol. The number of ether oxygens (including phenoxy) is 3. The number of allylic oxidation sites excluding steroid dienone is 1. The van der Waals surface area contributed by atoms with E-state index in [1.54, 1.807) is 16.4 Å². The second kappa shape index (κ2) is 12.4. The van der Waals surface area contributed by atoms with Crippen LogP contribution in [0.15, 0.2) is 58.9 Å². The molecule has 2 heterocycles. The minimum atomic E-state index is -0.541. The molecule has 0 aliphatic carbocycles. The summed E-state index contributed by atoms with van der Waals surface area (Å²) in [4.78, 5) is 17.6. The van der Waals surface area contributed by atoms with Crippen LogP contribution < -0.4 is 14.8 Å². The molecule has 1 unspecified atom stereocenters. The number of halogens is 1. The molecule has 196 valence electrons. The Morgan fingerprint density at radius 1 is 1.14 bits per heavy atom. The molecule has 1 aliphatic heterocycles. The first kappa shape index (κ1) is 26.9. The second-order valence-corrected chi connectivity index (χ2v) is 9.98. The van der Waals surface area contributed by atoms with Crippen molar-refractivity contribution in [2.75, 3.05) is 24.8 Å². The van der Waals surface area contributed by atoms with Crippen LogP contribution >= 0.6 is 23.4 Å². The Hall–Kier alpha value is -3.17. The van der Waals surface area contributed by atoms with E-state index < -0.39 is 12.0 Å². The lowest BCUT2D eigenvalue weighted by Gasteiger charge is -2.28. The SMILES string of the molecule is CCCCSc1nc2n(n1)C(c1ccc(OCc3ccc(Cl)cc3)c(OCC)c1)C(C(=O)OC)=C(C)N2. The Morgan fingerprint density at radius 3 is 2.62 bits per heavy atom. The molecule has 0 radical (unpaired) electrons. The highest BCUT2D eigenvalue weighted by Gasteiger charge is 2.35. The van der Waals surface area contributed by atoms with Gasteiger partial charge in [-0.2, -0.15) is 4.98 Å². The summed E-state index contributed by atoms with van der Waals surface area (Å²) in [5.74, 6) is 2.25. The molecule has 0 saturated carbocycles. The summed E-state index contributed by atoms with van der Waals surface area (Å²) >= 11 is 7.60. The topological polar surface area (TPSA) is 87.5 Å². The number of benzene rings is 2. The predicted octanol–water partition coefficient (Wildman–Crippen LogP) is 6.26. The molecule has 1 atom stereocenters. The highest BCUT2D eigenvalue weighted by atomic mass is 35.5. The van der Waals surface area contributed by atoms with Crippen LogP contribution in [0.3, 0.4) is 0 Å². The molecule has 4 rings (SSSR count). The summed E-state index contributed by atoms with van der Waals surface area (Å²) in [6.45, 7) is 6.73. The summed E-state index contributed by atoms with van der Waals surface area (Å²) in [6.07, 6.45) is 2.17. The van der Waals surface area contributed by atoms with Crippen molar-refractivity contribution in [3.8, 4) is 11.5 Å². The molecule has 0 bridgehead atoms. The van der Waals surface area contributed by atoms with Gasteiger partial charge in [-0.1, -0.05) is 54.9 Å². The second-order valence-electron chi connectivity index (χ2n) is 8.48.